The Kier molecular flexibility index (Phi) is 8.18. The maximum atomic E-state index is 12.9. The fourth-order valence-electron chi connectivity index (χ4n) is 3.50. The molecule has 1 fully saturated rings. The molecule has 3 rings (SSSR count). The van der Waals surface area contributed by atoms with E-state index in [-0.39, 0.29) is 29.8 Å². The number of aliphatic imine (C=N–C) groups is 1. The number of nitrogen functional groups attached to an aromatic ring is 1. The number of aromatic nitrogens is 2. The smallest absolute Gasteiger partial charge is 0.338 e. The third-order valence-electron chi connectivity index (χ3n) is 5.12. The summed E-state index contributed by atoms with van der Waals surface area (Å²) in [6.45, 7) is 3.13. The van der Waals surface area contributed by atoms with Gasteiger partial charge >= 0.3 is 25.3 Å². The van der Waals surface area contributed by atoms with Gasteiger partial charge in [0.1, 0.15) is 31.0 Å². The summed E-state index contributed by atoms with van der Waals surface area (Å²) >= 11 is 0. The summed E-state index contributed by atoms with van der Waals surface area (Å²) in [5.74, 6) is 4.32. The molecule has 2 aliphatic rings. The summed E-state index contributed by atoms with van der Waals surface area (Å²) in [6.07, 6.45) is -3.99. The lowest BCUT2D eigenvalue weighted by atomic mass is 10.1. The Bertz CT molecular complexity index is 979. The number of nitrogens with zero attached hydrogens (tertiary/aromatic N) is 3. The van der Waals surface area contributed by atoms with Crippen molar-refractivity contribution in [3.05, 3.63) is 10.4 Å². The number of ether oxygens (including phenoxy) is 2. The molecule has 0 spiro atoms. The van der Waals surface area contributed by atoms with E-state index >= 15 is 0 Å². The lowest BCUT2D eigenvalue weighted by Crippen LogP contribution is -2.45. The number of fused-ring (bicyclic) bond motifs is 1. The monoisotopic (exact) mass is 505 g/mol. The van der Waals surface area contributed by atoms with Gasteiger partial charge in [-0.1, -0.05) is 13.8 Å². The van der Waals surface area contributed by atoms with Crippen molar-refractivity contribution >= 4 is 37.9 Å². The Morgan fingerprint density at radius 3 is 2.79 bits per heavy atom. The van der Waals surface area contributed by atoms with E-state index in [1.807, 2.05) is 13.8 Å². The topological polar surface area (TPSA) is 245 Å². The number of aromatic amines is 1. The molecular weight excluding hydrogens is 477 g/mol. The summed E-state index contributed by atoms with van der Waals surface area (Å²) in [5.41, 5.74) is 4.93. The quantitative estimate of drug-likeness (QED) is 0.104. The first-order valence-corrected chi connectivity index (χ1v) is 11.8. The van der Waals surface area contributed by atoms with Crippen LogP contribution in [0.1, 0.15) is 20.3 Å². The zero-order valence-corrected chi connectivity index (χ0v) is 19.5. The van der Waals surface area contributed by atoms with Crippen molar-refractivity contribution in [1.29, 1.82) is 0 Å². The molecule has 0 saturated carbocycles. The van der Waals surface area contributed by atoms with Crippen molar-refractivity contribution in [2.45, 2.75) is 50.8 Å². The Labute approximate surface area is 194 Å². The first kappa shape index (κ1) is 26.3. The Morgan fingerprint density at radius 2 is 2.18 bits per heavy atom. The van der Waals surface area contributed by atoms with E-state index in [1.54, 1.807) is 0 Å². The van der Waals surface area contributed by atoms with Crippen LogP contribution in [0.15, 0.2) is 4.79 Å². The van der Waals surface area contributed by atoms with Gasteiger partial charge in [-0.15, -0.1) is 9.71 Å². The Balaban J connectivity index is 1.69. The van der Waals surface area contributed by atoms with E-state index in [0.29, 0.717) is 0 Å². The minimum atomic E-state index is -4.25. The van der Waals surface area contributed by atoms with Gasteiger partial charge in [-0.2, -0.15) is 20.3 Å². The number of anilines is 2. The molecule has 3 heterocycles. The molecule has 16 nitrogen and oxygen atoms in total. The van der Waals surface area contributed by atoms with E-state index in [1.165, 1.54) is 18.3 Å². The molecule has 1 aromatic rings. The van der Waals surface area contributed by atoms with E-state index < -0.39 is 56.8 Å². The number of hydrogen-bond acceptors (Lipinski definition) is 15. The lowest BCUT2D eigenvalue weighted by molar-refractivity contribution is -0.228. The summed E-state index contributed by atoms with van der Waals surface area (Å²) in [5, 5.41) is 23.4. The number of esters is 1. The van der Waals surface area contributed by atoms with Crippen molar-refractivity contribution in [3.8, 4) is 0 Å². The Morgan fingerprint density at radius 1 is 1.47 bits per heavy atom. The van der Waals surface area contributed by atoms with Crippen molar-refractivity contribution in [2.75, 3.05) is 24.4 Å². The van der Waals surface area contributed by atoms with Crippen LogP contribution < -0.4 is 37.1 Å². The zero-order chi connectivity index (χ0) is 25.2. The number of nitrogens with one attached hydrogen (secondary N) is 2. The highest BCUT2D eigenvalue weighted by Gasteiger charge is 2.53. The minimum absolute atomic E-state index is 0.0197. The van der Waals surface area contributed by atoms with Crippen molar-refractivity contribution < 1.29 is 38.5 Å². The molecule has 34 heavy (non-hydrogen) atoms. The molecule has 1 radical (unpaired) electrons. The van der Waals surface area contributed by atoms with Gasteiger partial charge in [-0.05, 0) is 17.3 Å². The number of nitrogens with two attached hydrogens (primary N) is 2. The molecule has 2 aliphatic heterocycles. The summed E-state index contributed by atoms with van der Waals surface area (Å²) in [7, 11) is -3.08. The predicted octanol–water partition coefficient (Wildman–Crippen LogP) is -3.26. The summed E-state index contributed by atoms with van der Waals surface area (Å²) in [6, 6.07) is -1.04. The third kappa shape index (κ3) is 5.51. The molecular formula is C17H28N7O9P+. The SMILES string of the molecule is COC(=O)C(CC(C)C)N[P+]([O-])(ON)OC[C@@H]1O[C@H](N2C=[N+]c3c2nc(N)[nH]c3=O)[C@H](O)[C@H]1O. The van der Waals surface area contributed by atoms with E-state index in [4.69, 9.17) is 25.6 Å². The maximum Gasteiger partial charge on any atom is 0.338 e. The average molecular weight is 505 g/mol. The molecule has 0 aliphatic carbocycles. The summed E-state index contributed by atoms with van der Waals surface area (Å²) < 4.78 is 20.1. The van der Waals surface area contributed by atoms with Crippen LogP contribution >= 0.6 is 8.09 Å². The first-order chi connectivity index (χ1) is 16.0. The van der Waals surface area contributed by atoms with Gasteiger partial charge < -0.3 is 30.3 Å². The number of carbonyl (C=O) groups excluding carboxylic acids is 1. The molecule has 0 amide bonds. The summed E-state index contributed by atoms with van der Waals surface area (Å²) in [4.78, 5) is 48.4. The maximum absolute atomic E-state index is 12.9. The molecule has 1 saturated heterocycles. The lowest BCUT2D eigenvalue weighted by Gasteiger charge is -2.29. The van der Waals surface area contributed by atoms with Crippen LogP contribution in [-0.2, 0) is 23.4 Å². The van der Waals surface area contributed by atoms with E-state index in [2.05, 4.69) is 24.7 Å². The third-order valence-corrected chi connectivity index (χ3v) is 6.51. The molecule has 17 heteroatoms. The number of aliphatic hydroxyl groups is 2. The highest BCUT2D eigenvalue weighted by molar-refractivity contribution is 7.57. The van der Waals surface area contributed by atoms with Crippen LogP contribution in [0.3, 0.4) is 0 Å². The zero-order valence-electron chi connectivity index (χ0n) is 18.7. The largest absolute Gasteiger partial charge is 0.615 e. The number of methoxy groups -OCH3 is 1. The molecule has 1 aromatic heterocycles. The van der Waals surface area contributed by atoms with Crippen molar-refractivity contribution in [1.82, 2.24) is 20.0 Å². The van der Waals surface area contributed by atoms with E-state index in [0.717, 1.165) is 0 Å². The van der Waals surface area contributed by atoms with Crippen LogP contribution in [-0.4, -0.2) is 76.8 Å². The van der Waals surface area contributed by atoms with Crippen molar-refractivity contribution in [2.24, 2.45) is 11.8 Å². The molecule has 189 valence electrons. The van der Waals surface area contributed by atoms with Crippen LogP contribution in [0.25, 0.3) is 0 Å². The number of carbonyl (C=O) groups is 1. The van der Waals surface area contributed by atoms with Crippen LogP contribution in [0.4, 0.5) is 17.5 Å². The predicted molar refractivity (Wildman–Crippen MR) is 117 cm³/mol. The second kappa shape index (κ2) is 10.6. The fourth-order valence-corrected chi connectivity index (χ4v) is 4.63. The number of aliphatic hydroxyl groups excluding tert-OH is 2. The van der Waals surface area contributed by atoms with Gasteiger partial charge in [-0.3, -0.25) is 14.6 Å². The van der Waals surface area contributed by atoms with Crippen LogP contribution in [0.5, 0.6) is 0 Å². The molecule has 0 aromatic carbocycles. The number of H-pyrrole nitrogens is 1. The standard InChI is InChI=1S/C17H28N7O9P/c1-7(2)4-8(16(28)30-3)23-34(29,33-19)31-5-9-11(25)12(26)15(32-9)24-6-20-10-13(24)21-17(18)22-14(10)27/h6-9,11-12,15,25-26H,4-5,19H2,1-3H3,(H,23,29)(H3,18,21,22,27)/q+1/t8?,9-,11-,12+,15-,34?/m0/s1. The fraction of sp³-hybridized carbons (Fsp3) is 0.647. The van der Waals surface area contributed by atoms with E-state index in [9.17, 15) is 24.7 Å². The van der Waals surface area contributed by atoms with Crippen LogP contribution in [0, 0.1) is 5.92 Å². The second-order valence-electron chi connectivity index (χ2n) is 8.05. The second-order valence-corrected chi connectivity index (χ2v) is 9.78. The Hall–Kier alpha value is -2.27. The minimum Gasteiger partial charge on any atom is -0.615 e. The molecule has 8 N–H and O–H groups in total. The molecule has 2 unspecified atom stereocenters. The number of rotatable bonds is 10. The molecule has 6 atom stereocenters. The molecule has 0 bridgehead atoms. The average Bonchev–Trinajstić information content (AvgIpc) is 3.32. The van der Waals surface area contributed by atoms with Gasteiger partial charge in [0.15, 0.2) is 0 Å². The van der Waals surface area contributed by atoms with Crippen LogP contribution in [0.2, 0.25) is 0 Å². The highest BCUT2D eigenvalue weighted by atomic mass is 31.2. The number of hydrogen-bond donors (Lipinski definition) is 6. The normalized spacial score (nSPS) is 26.5. The van der Waals surface area contributed by atoms with Gasteiger partial charge in [0.05, 0.1) is 7.11 Å². The van der Waals surface area contributed by atoms with Gasteiger partial charge in [0.25, 0.3) is 12.2 Å². The first-order valence-electron chi connectivity index (χ1n) is 10.2. The van der Waals surface area contributed by atoms with Gasteiger partial charge in [0.2, 0.25) is 12.2 Å². The van der Waals surface area contributed by atoms with Gasteiger partial charge in [-0.25, -0.2) is 0 Å². The van der Waals surface area contributed by atoms with Gasteiger partial charge in [0, 0.05) is 0 Å². The highest BCUT2D eigenvalue weighted by Crippen LogP contribution is 2.48. The van der Waals surface area contributed by atoms with Crippen molar-refractivity contribution in [3.63, 3.8) is 0 Å².